The standard InChI is InChI=1S/C23H25N3OS/c1-17-6-4-9-20(14-17)25-23(27)24-15-21(22-10-5-13-28-22)26-12-11-18-7-2-3-8-19(18)16-26/h2-10,13-14,21H,11-12,15-16H2,1H3,(H2,24,25,27). The third-order valence-electron chi connectivity index (χ3n) is 5.20. The van der Waals surface area contributed by atoms with Crippen LogP contribution in [0.15, 0.2) is 66.0 Å². The maximum Gasteiger partial charge on any atom is 0.319 e. The molecule has 2 aromatic carbocycles. The maximum absolute atomic E-state index is 12.4. The fraction of sp³-hybridized carbons (Fsp3) is 0.261. The van der Waals surface area contributed by atoms with E-state index in [9.17, 15) is 4.79 Å². The number of thiophene rings is 1. The fourth-order valence-electron chi connectivity index (χ4n) is 3.76. The van der Waals surface area contributed by atoms with Gasteiger partial charge in [-0.1, -0.05) is 42.5 Å². The summed E-state index contributed by atoms with van der Waals surface area (Å²) in [5.41, 5.74) is 4.77. The number of fused-ring (bicyclic) bond motifs is 1. The molecule has 4 rings (SSSR count). The highest BCUT2D eigenvalue weighted by Crippen LogP contribution is 2.30. The first kappa shape index (κ1) is 18.7. The highest BCUT2D eigenvalue weighted by atomic mass is 32.1. The first-order chi connectivity index (χ1) is 13.7. The average Bonchev–Trinajstić information content (AvgIpc) is 3.22. The van der Waals surface area contributed by atoms with Gasteiger partial charge in [-0.05, 0) is 53.6 Å². The van der Waals surface area contributed by atoms with Gasteiger partial charge in [0, 0.05) is 30.2 Å². The SMILES string of the molecule is Cc1cccc(NC(=O)NCC(c2cccs2)N2CCc3ccccc3C2)c1. The van der Waals surface area contributed by atoms with E-state index >= 15 is 0 Å². The Balaban J connectivity index is 1.43. The summed E-state index contributed by atoms with van der Waals surface area (Å²) in [5, 5.41) is 8.12. The Kier molecular flexibility index (Phi) is 5.74. The van der Waals surface area contributed by atoms with Crippen molar-refractivity contribution in [2.45, 2.75) is 25.9 Å². The molecule has 2 amide bonds. The maximum atomic E-state index is 12.4. The molecule has 1 aliphatic rings. The number of hydrogen-bond acceptors (Lipinski definition) is 3. The third kappa shape index (κ3) is 4.43. The van der Waals surface area contributed by atoms with E-state index in [2.05, 4.69) is 57.3 Å². The predicted molar refractivity (Wildman–Crippen MR) is 116 cm³/mol. The molecule has 0 saturated carbocycles. The molecule has 1 aromatic heterocycles. The van der Waals surface area contributed by atoms with Crippen molar-refractivity contribution < 1.29 is 4.79 Å². The molecule has 0 aliphatic carbocycles. The molecule has 144 valence electrons. The summed E-state index contributed by atoms with van der Waals surface area (Å²) in [7, 11) is 0. The Labute approximate surface area is 170 Å². The molecule has 1 aliphatic heterocycles. The van der Waals surface area contributed by atoms with E-state index < -0.39 is 0 Å². The molecular weight excluding hydrogens is 366 g/mol. The van der Waals surface area contributed by atoms with Crippen LogP contribution in [0, 0.1) is 6.92 Å². The number of anilines is 1. The summed E-state index contributed by atoms with van der Waals surface area (Å²) in [4.78, 5) is 16.2. The highest BCUT2D eigenvalue weighted by molar-refractivity contribution is 7.10. The monoisotopic (exact) mass is 391 g/mol. The second-order valence-corrected chi connectivity index (χ2v) is 8.20. The molecule has 1 atom stereocenters. The lowest BCUT2D eigenvalue weighted by Crippen LogP contribution is -2.41. The van der Waals surface area contributed by atoms with Gasteiger partial charge in [0.2, 0.25) is 0 Å². The van der Waals surface area contributed by atoms with Crippen molar-refractivity contribution in [1.82, 2.24) is 10.2 Å². The van der Waals surface area contributed by atoms with Gasteiger partial charge in [-0.15, -0.1) is 11.3 Å². The molecule has 1 unspecified atom stereocenters. The van der Waals surface area contributed by atoms with Crippen molar-refractivity contribution in [3.63, 3.8) is 0 Å². The molecule has 0 saturated heterocycles. The predicted octanol–water partition coefficient (Wildman–Crippen LogP) is 4.98. The highest BCUT2D eigenvalue weighted by Gasteiger charge is 2.25. The molecule has 0 radical (unpaired) electrons. The largest absolute Gasteiger partial charge is 0.336 e. The van der Waals surface area contributed by atoms with Crippen LogP contribution in [0.4, 0.5) is 10.5 Å². The number of rotatable bonds is 5. The van der Waals surface area contributed by atoms with Crippen LogP contribution in [0.3, 0.4) is 0 Å². The lowest BCUT2D eigenvalue weighted by Gasteiger charge is -2.35. The van der Waals surface area contributed by atoms with E-state index in [-0.39, 0.29) is 12.1 Å². The summed E-state index contributed by atoms with van der Waals surface area (Å²) in [6, 6.07) is 20.8. The molecular formula is C23H25N3OS. The third-order valence-corrected chi connectivity index (χ3v) is 6.18. The summed E-state index contributed by atoms with van der Waals surface area (Å²) >= 11 is 1.75. The van der Waals surface area contributed by atoms with Crippen molar-refractivity contribution in [3.05, 3.63) is 87.6 Å². The number of amides is 2. The van der Waals surface area contributed by atoms with Crippen LogP contribution in [0.2, 0.25) is 0 Å². The van der Waals surface area contributed by atoms with Gasteiger partial charge in [0.1, 0.15) is 0 Å². The fourth-order valence-corrected chi connectivity index (χ4v) is 4.62. The van der Waals surface area contributed by atoms with E-state index in [1.807, 2.05) is 31.2 Å². The molecule has 2 N–H and O–H groups in total. The van der Waals surface area contributed by atoms with Crippen molar-refractivity contribution in [2.75, 3.05) is 18.4 Å². The van der Waals surface area contributed by atoms with Crippen molar-refractivity contribution >= 4 is 23.1 Å². The van der Waals surface area contributed by atoms with E-state index in [0.717, 1.165) is 30.8 Å². The molecule has 0 spiro atoms. The van der Waals surface area contributed by atoms with Crippen LogP contribution >= 0.6 is 11.3 Å². The number of hydrogen-bond donors (Lipinski definition) is 2. The normalized spacial score (nSPS) is 14.9. The first-order valence-electron chi connectivity index (χ1n) is 9.65. The zero-order valence-corrected chi connectivity index (χ0v) is 16.8. The van der Waals surface area contributed by atoms with Gasteiger partial charge < -0.3 is 10.6 Å². The van der Waals surface area contributed by atoms with Gasteiger partial charge in [-0.3, -0.25) is 4.90 Å². The molecule has 5 heteroatoms. The van der Waals surface area contributed by atoms with Gasteiger partial charge in [0.05, 0.1) is 6.04 Å². The summed E-state index contributed by atoms with van der Waals surface area (Å²) in [6.45, 7) is 4.52. The average molecular weight is 392 g/mol. The number of urea groups is 1. The van der Waals surface area contributed by atoms with Crippen molar-refractivity contribution in [1.29, 1.82) is 0 Å². The Hall–Kier alpha value is -2.63. The van der Waals surface area contributed by atoms with Gasteiger partial charge in [-0.2, -0.15) is 0 Å². The molecule has 2 heterocycles. The minimum Gasteiger partial charge on any atom is -0.336 e. The van der Waals surface area contributed by atoms with Crippen LogP contribution in [0.5, 0.6) is 0 Å². The van der Waals surface area contributed by atoms with Crippen molar-refractivity contribution in [2.24, 2.45) is 0 Å². The van der Waals surface area contributed by atoms with E-state index in [4.69, 9.17) is 0 Å². The lowest BCUT2D eigenvalue weighted by molar-refractivity contribution is 0.178. The number of carbonyl (C=O) groups excluding carboxylic acids is 1. The molecule has 28 heavy (non-hydrogen) atoms. The number of nitrogens with zero attached hydrogens (tertiary/aromatic N) is 1. The summed E-state index contributed by atoms with van der Waals surface area (Å²) in [5.74, 6) is 0. The molecule has 0 bridgehead atoms. The Morgan fingerprint density at radius 3 is 2.75 bits per heavy atom. The minimum atomic E-state index is -0.162. The van der Waals surface area contributed by atoms with Crippen LogP contribution in [0.25, 0.3) is 0 Å². The molecule has 0 fully saturated rings. The Morgan fingerprint density at radius 2 is 1.96 bits per heavy atom. The zero-order valence-electron chi connectivity index (χ0n) is 16.0. The summed E-state index contributed by atoms with van der Waals surface area (Å²) in [6.07, 6.45) is 1.05. The number of carbonyl (C=O) groups is 1. The second kappa shape index (κ2) is 8.59. The quantitative estimate of drug-likeness (QED) is 0.644. The number of nitrogens with one attached hydrogen (secondary N) is 2. The van der Waals surface area contributed by atoms with Gasteiger partial charge >= 0.3 is 6.03 Å². The van der Waals surface area contributed by atoms with E-state index in [1.165, 1.54) is 16.0 Å². The van der Waals surface area contributed by atoms with Crippen LogP contribution in [-0.2, 0) is 13.0 Å². The number of aryl methyl sites for hydroxylation is 1. The lowest BCUT2D eigenvalue weighted by atomic mass is 9.98. The topological polar surface area (TPSA) is 44.4 Å². The van der Waals surface area contributed by atoms with E-state index in [0.29, 0.717) is 6.54 Å². The van der Waals surface area contributed by atoms with Gasteiger partial charge in [0.15, 0.2) is 0 Å². The number of benzene rings is 2. The second-order valence-electron chi connectivity index (χ2n) is 7.22. The molecule has 3 aromatic rings. The smallest absolute Gasteiger partial charge is 0.319 e. The van der Waals surface area contributed by atoms with Gasteiger partial charge in [0.25, 0.3) is 0 Å². The van der Waals surface area contributed by atoms with Crippen LogP contribution < -0.4 is 10.6 Å². The minimum absolute atomic E-state index is 0.162. The van der Waals surface area contributed by atoms with Crippen molar-refractivity contribution in [3.8, 4) is 0 Å². The van der Waals surface area contributed by atoms with Crippen LogP contribution in [-0.4, -0.2) is 24.0 Å². The summed E-state index contributed by atoms with van der Waals surface area (Å²) < 4.78 is 0. The first-order valence-corrected chi connectivity index (χ1v) is 10.5. The van der Waals surface area contributed by atoms with Gasteiger partial charge in [-0.25, -0.2) is 4.79 Å². The van der Waals surface area contributed by atoms with Crippen LogP contribution in [0.1, 0.15) is 27.6 Å². The Bertz CT molecular complexity index is 939. The van der Waals surface area contributed by atoms with E-state index in [1.54, 1.807) is 11.3 Å². The molecule has 4 nitrogen and oxygen atoms in total. The zero-order chi connectivity index (χ0) is 19.3. The Morgan fingerprint density at radius 1 is 1.11 bits per heavy atom.